The van der Waals surface area contributed by atoms with Gasteiger partial charge in [-0.1, -0.05) is 30.3 Å². The predicted molar refractivity (Wildman–Crippen MR) is 132 cm³/mol. The van der Waals surface area contributed by atoms with Crippen LogP contribution in [0.2, 0.25) is 0 Å². The monoisotopic (exact) mass is 476 g/mol. The lowest BCUT2D eigenvalue weighted by Gasteiger charge is -2.30. The SMILES string of the molecule is CCOC(=O)C1=C(C)NC(C)=C(C(=O)OCC)C1c1cn(Cc2ccc(F)cc2)c2ccccc12. The zero-order chi connectivity index (χ0) is 25.1. The van der Waals surface area contributed by atoms with Crippen LogP contribution < -0.4 is 5.32 Å². The van der Waals surface area contributed by atoms with Crippen molar-refractivity contribution in [2.45, 2.75) is 40.2 Å². The van der Waals surface area contributed by atoms with Gasteiger partial charge in [-0.3, -0.25) is 0 Å². The Morgan fingerprint density at radius 2 is 1.49 bits per heavy atom. The van der Waals surface area contributed by atoms with Gasteiger partial charge >= 0.3 is 11.9 Å². The summed E-state index contributed by atoms with van der Waals surface area (Å²) < 4.78 is 26.3. The highest BCUT2D eigenvalue weighted by Crippen LogP contribution is 2.42. The van der Waals surface area contributed by atoms with Gasteiger partial charge in [0, 0.05) is 35.0 Å². The number of carbonyl (C=O) groups excluding carboxylic acids is 2. The molecule has 35 heavy (non-hydrogen) atoms. The zero-order valence-corrected chi connectivity index (χ0v) is 20.4. The van der Waals surface area contributed by atoms with E-state index in [0.29, 0.717) is 29.1 Å². The number of fused-ring (bicyclic) bond motifs is 1. The molecule has 0 aliphatic carbocycles. The Bertz CT molecular complexity index is 1290. The van der Waals surface area contributed by atoms with Crippen molar-refractivity contribution in [3.8, 4) is 0 Å². The van der Waals surface area contributed by atoms with E-state index < -0.39 is 17.9 Å². The van der Waals surface area contributed by atoms with E-state index in [1.54, 1.807) is 26.0 Å². The molecular formula is C28H29FN2O4. The summed E-state index contributed by atoms with van der Waals surface area (Å²) in [5, 5.41) is 4.08. The Morgan fingerprint density at radius 3 is 2.06 bits per heavy atom. The maximum atomic E-state index is 13.5. The highest BCUT2D eigenvalue weighted by atomic mass is 19.1. The molecule has 0 spiro atoms. The average molecular weight is 477 g/mol. The van der Waals surface area contributed by atoms with Crippen molar-refractivity contribution < 1.29 is 23.5 Å². The summed E-state index contributed by atoms with van der Waals surface area (Å²) in [5.41, 5.74) is 4.69. The molecule has 1 N–H and O–H groups in total. The normalized spacial score (nSPS) is 14.3. The fraction of sp³-hybridized carbons (Fsp3) is 0.286. The van der Waals surface area contributed by atoms with Crippen LogP contribution in [0.3, 0.4) is 0 Å². The number of halogens is 1. The molecule has 3 aromatic rings. The van der Waals surface area contributed by atoms with Crippen molar-refractivity contribution in [1.29, 1.82) is 0 Å². The van der Waals surface area contributed by atoms with Gasteiger partial charge in [0.25, 0.3) is 0 Å². The molecule has 182 valence electrons. The van der Waals surface area contributed by atoms with Gasteiger partial charge < -0.3 is 19.4 Å². The highest BCUT2D eigenvalue weighted by molar-refractivity contribution is 6.02. The highest BCUT2D eigenvalue weighted by Gasteiger charge is 2.39. The molecule has 0 saturated heterocycles. The summed E-state index contributed by atoms with van der Waals surface area (Å²) in [6.45, 7) is 8.05. The number of para-hydroxylation sites is 1. The molecule has 6 nitrogen and oxygen atoms in total. The van der Waals surface area contributed by atoms with Crippen LogP contribution in [0.1, 0.15) is 44.7 Å². The number of rotatable bonds is 7. The predicted octanol–water partition coefficient (Wildman–Crippen LogP) is 5.19. The molecule has 0 amide bonds. The second kappa shape index (κ2) is 10.2. The number of dihydropyridines is 1. The molecule has 2 heterocycles. The van der Waals surface area contributed by atoms with E-state index in [1.807, 2.05) is 44.3 Å². The summed E-state index contributed by atoms with van der Waals surface area (Å²) in [6, 6.07) is 14.2. The van der Waals surface area contributed by atoms with Gasteiger partial charge in [-0.15, -0.1) is 0 Å². The first-order chi connectivity index (χ1) is 16.8. The molecule has 0 saturated carbocycles. The topological polar surface area (TPSA) is 69.6 Å². The third-order valence-electron chi connectivity index (χ3n) is 6.15. The van der Waals surface area contributed by atoms with Crippen molar-refractivity contribution in [1.82, 2.24) is 9.88 Å². The van der Waals surface area contributed by atoms with Crippen LogP contribution in [0.4, 0.5) is 4.39 Å². The van der Waals surface area contributed by atoms with Crippen molar-refractivity contribution in [2.75, 3.05) is 13.2 Å². The van der Waals surface area contributed by atoms with Crippen molar-refractivity contribution >= 4 is 22.8 Å². The maximum absolute atomic E-state index is 13.5. The first-order valence-corrected chi connectivity index (χ1v) is 11.7. The molecule has 2 aromatic carbocycles. The van der Waals surface area contributed by atoms with Crippen LogP contribution in [0, 0.1) is 5.82 Å². The van der Waals surface area contributed by atoms with Crippen LogP contribution in [0.25, 0.3) is 10.9 Å². The van der Waals surface area contributed by atoms with E-state index in [2.05, 4.69) is 9.88 Å². The maximum Gasteiger partial charge on any atom is 0.336 e. The van der Waals surface area contributed by atoms with Gasteiger partial charge in [0.2, 0.25) is 0 Å². The number of nitrogens with zero attached hydrogens (tertiary/aromatic N) is 1. The Hall–Kier alpha value is -3.87. The van der Waals surface area contributed by atoms with E-state index in [4.69, 9.17) is 9.47 Å². The first-order valence-electron chi connectivity index (χ1n) is 11.7. The molecule has 7 heteroatoms. The van der Waals surface area contributed by atoms with E-state index >= 15 is 0 Å². The van der Waals surface area contributed by atoms with E-state index in [-0.39, 0.29) is 19.0 Å². The number of carbonyl (C=O) groups is 2. The van der Waals surface area contributed by atoms with E-state index in [9.17, 15) is 14.0 Å². The number of aromatic nitrogens is 1. The van der Waals surface area contributed by atoms with Gasteiger partial charge in [0.1, 0.15) is 5.82 Å². The minimum Gasteiger partial charge on any atom is -0.463 e. The molecule has 0 bridgehead atoms. The summed E-state index contributed by atoms with van der Waals surface area (Å²) >= 11 is 0. The van der Waals surface area contributed by atoms with Crippen LogP contribution in [-0.2, 0) is 25.6 Å². The Morgan fingerprint density at radius 1 is 0.914 bits per heavy atom. The number of ether oxygens (including phenoxy) is 2. The molecule has 0 fully saturated rings. The van der Waals surface area contributed by atoms with Crippen LogP contribution in [-0.4, -0.2) is 29.7 Å². The number of esters is 2. The molecule has 0 unspecified atom stereocenters. The van der Waals surface area contributed by atoms with Gasteiger partial charge in [-0.25, -0.2) is 14.0 Å². The molecule has 1 aliphatic rings. The second-order valence-corrected chi connectivity index (χ2v) is 8.43. The fourth-order valence-electron chi connectivity index (χ4n) is 4.69. The van der Waals surface area contributed by atoms with E-state index in [1.165, 1.54) is 12.1 Å². The largest absolute Gasteiger partial charge is 0.463 e. The number of hydrogen-bond acceptors (Lipinski definition) is 5. The molecule has 1 aromatic heterocycles. The van der Waals surface area contributed by atoms with Crippen molar-refractivity contribution in [3.05, 3.63) is 94.2 Å². The number of benzene rings is 2. The quantitative estimate of drug-likeness (QED) is 0.476. The third-order valence-corrected chi connectivity index (χ3v) is 6.15. The van der Waals surface area contributed by atoms with Crippen molar-refractivity contribution in [2.24, 2.45) is 0 Å². The lowest BCUT2D eigenvalue weighted by atomic mass is 9.80. The minimum atomic E-state index is -0.672. The Balaban J connectivity index is 1.92. The van der Waals surface area contributed by atoms with Gasteiger partial charge in [-0.2, -0.15) is 0 Å². The van der Waals surface area contributed by atoms with Crippen LogP contribution in [0.15, 0.2) is 77.3 Å². The lowest BCUT2D eigenvalue weighted by molar-refractivity contribution is -0.139. The summed E-state index contributed by atoms with van der Waals surface area (Å²) in [4.78, 5) is 26.3. The Labute approximate surface area is 204 Å². The average Bonchev–Trinajstić information content (AvgIpc) is 3.18. The van der Waals surface area contributed by atoms with E-state index in [0.717, 1.165) is 22.0 Å². The minimum absolute atomic E-state index is 0.214. The van der Waals surface area contributed by atoms with Crippen molar-refractivity contribution in [3.63, 3.8) is 0 Å². The number of nitrogens with one attached hydrogen (secondary N) is 1. The van der Waals surface area contributed by atoms with Crippen LogP contribution >= 0.6 is 0 Å². The molecule has 4 rings (SSSR count). The van der Waals surface area contributed by atoms with Crippen LogP contribution in [0.5, 0.6) is 0 Å². The van der Waals surface area contributed by atoms with Gasteiger partial charge in [0.05, 0.1) is 30.3 Å². The number of hydrogen-bond donors (Lipinski definition) is 1. The van der Waals surface area contributed by atoms with Gasteiger partial charge in [0.15, 0.2) is 0 Å². The second-order valence-electron chi connectivity index (χ2n) is 8.43. The fourth-order valence-corrected chi connectivity index (χ4v) is 4.69. The molecule has 0 radical (unpaired) electrons. The van der Waals surface area contributed by atoms with Gasteiger partial charge in [-0.05, 0) is 57.0 Å². The Kier molecular flexibility index (Phi) is 7.05. The molecular weight excluding hydrogens is 447 g/mol. The zero-order valence-electron chi connectivity index (χ0n) is 20.4. The standard InChI is InChI=1S/C28H29FN2O4/c1-5-34-27(32)24-17(3)30-18(4)25(28(33)35-6-2)26(24)22-16-31(23-10-8-7-9-21(22)23)15-19-11-13-20(29)14-12-19/h7-14,16,26,30H,5-6,15H2,1-4H3. The molecule has 1 aliphatic heterocycles. The lowest BCUT2D eigenvalue weighted by Crippen LogP contribution is -2.32. The summed E-state index contributed by atoms with van der Waals surface area (Å²) in [7, 11) is 0. The summed E-state index contributed by atoms with van der Waals surface area (Å²) in [5.74, 6) is -1.92. The summed E-state index contributed by atoms with van der Waals surface area (Å²) in [6.07, 6.45) is 1.96. The molecule has 0 atom stereocenters. The number of allylic oxidation sites excluding steroid dienone is 2. The third kappa shape index (κ3) is 4.71. The smallest absolute Gasteiger partial charge is 0.336 e. The first kappa shape index (κ1) is 24.3.